The van der Waals surface area contributed by atoms with Gasteiger partial charge in [0.15, 0.2) is 0 Å². The van der Waals surface area contributed by atoms with Crippen molar-refractivity contribution in [2.45, 2.75) is 24.2 Å². The highest BCUT2D eigenvalue weighted by Gasteiger charge is 2.25. The van der Waals surface area contributed by atoms with Crippen LogP contribution in [-0.4, -0.2) is 68.3 Å². The van der Waals surface area contributed by atoms with E-state index in [1.54, 1.807) is 30.3 Å². The Kier molecular flexibility index (Phi) is 8.06. The number of nitrogens with zero attached hydrogens (tertiary/aromatic N) is 2. The zero-order valence-corrected chi connectivity index (χ0v) is 19.6. The third kappa shape index (κ3) is 6.53. The molecule has 0 radical (unpaired) electrons. The van der Waals surface area contributed by atoms with Crippen LogP contribution < -0.4 is 10.6 Å². The molecule has 1 aliphatic rings. The van der Waals surface area contributed by atoms with E-state index in [9.17, 15) is 23.1 Å². The molecular weight excluding hydrogens is 444 g/mol. The molecule has 0 atom stereocenters. The summed E-state index contributed by atoms with van der Waals surface area (Å²) < 4.78 is 25.4. The number of para-hydroxylation sites is 2. The molecule has 0 aromatic heterocycles. The molecule has 2 amide bonds. The molecule has 1 aliphatic heterocycles. The zero-order chi connectivity index (χ0) is 24.0. The van der Waals surface area contributed by atoms with Crippen LogP contribution in [-0.2, 0) is 19.6 Å². The average Bonchev–Trinajstić information content (AvgIpc) is 2.80. The summed E-state index contributed by atoms with van der Waals surface area (Å²) in [6.45, 7) is 2.00. The highest BCUT2D eigenvalue weighted by Crippen LogP contribution is 2.25. The molecule has 9 nitrogen and oxygen atoms in total. The topological polar surface area (TPSA) is 119 Å². The van der Waals surface area contributed by atoms with Gasteiger partial charge in [0.25, 0.3) is 0 Å². The Morgan fingerprint density at radius 3 is 2.27 bits per heavy atom. The van der Waals surface area contributed by atoms with Crippen LogP contribution >= 0.6 is 0 Å². The number of rotatable bonds is 8. The molecule has 0 bridgehead atoms. The van der Waals surface area contributed by atoms with E-state index in [0.29, 0.717) is 50.3 Å². The van der Waals surface area contributed by atoms with Crippen LogP contribution in [0.25, 0.3) is 0 Å². The number of sulfonamides is 1. The molecule has 0 spiro atoms. The molecule has 3 N–H and O–H groups in total. The number of anilines is 2. The maximum absolute atomic E-state index is 12.5. The van der Waals surface area contributed by atoms with Crippen molar-refractivity contribution in [1.82, 2.24) is 9.21 Å². The van der Waals surface area contributed by atoms with Crippen LogP contribution in [0.5, 0.6) is 5.75 Å². The number of phenolic OH excluding ortho intramolecular Hbond substituents is 1. The van der Waals surface area contributed by atoms with E-state index >= 15 is 0 Å². The molecule has 178 valence electrons. The normalized spacial score (nSPS) is 15.4. The summed E-state index contributed by atoms with van der Waals surface area (Å²) in [6.07, 6.45) is 1.66. The zero-order valence-electron chi connectivity index (χ0n) is 18.8. The van der Waals surface area contributed by atoms with Crippen LogP contribution in [0.15, 0.2) is 53.4 Å². The Bertz CT molecular complexity index is 1080. The van der Waals surface area contributed by atoms with Crippen LogP contribution in [0.4, 0.5) is 11.4 Å². The number of amides is 2. The number of carbonyl (C=O) groups excluding carboxylic acids is 2. The molecule has 10 heteroatoms. The van der Waals surface area contributed by atoms with Gasteiger partial charge in [0, 0.05) is 38.7 Å². The van der Waals surface area contributed by atoms with Crippen LogP contribution in [0, 0.1) is 5.92 Å². The number of piperidine rings is 1. The van der Waals surface area contributed by atoms with Crippen LogP contribution in [0.3, 0.4) is 0 Å². The summed E-state index contributed by atoms with van der Waals surface area (Å²) in [4.78, 5) is 27.1. The predicted molar refractivity (Wildman–Crippen MR) is 126 cm³/mol. The monoisotopic (exact) mass is 474 g/mol. The lowest BCUT2D eigenvalue weighted by Gasteiger charge is -2.31. The van der Waals surface area contributed by atoms with Crippen molar-refractivity contribution in [3.63, 3.8) is 0 Å². The van der Waals surface area contributed by atoms with Gasteiger partial charge in [-0.3, -0.25) is 9.59 Å². The molecule has 0 saturated carbocycles. The van der Waals surface area contributed by atoms with E-state index in [4.69, 9.17) is 0 Å². The average molecular weight is 475 g/mol. The number of carbonyl (C=O) groups is 2. The smallest absolute Gasteiger partial charge is 0.242 e. The highest BCUT2D eigenvalue weighted by molar-refractivity contribution is 7.89. The van der Waals surface area contributed by atoms with Gasteiger partial charge in [0.2, 0.25) is 21.8 Å². The third-order valence-corrected chi connectivity index (χ3v) is 7.52. The minimum absolute atomic E-state index is 0.0447. The lowest BCUT2D eigenvalue weighted by atomic mass is 9.95. The second kappa shape index (κ2) is 10.8. The van der Waals surface area contributed by atoms with Gasteiger partial charge in [0.1, 0.15) is 5.75 Å². The van der Waals surface area contributed by atoms with Crippen molar-refractivity contribution in [2.24, 2.45) is 5.92 Å². The molecule has 0 aliphatic carbocycles. The van der Waals surface area contributed by atoms with E-state index in [2.05, 4.69) is 15.5 Å². The first-order chi connectivity index (χ1) is 15.7. The summed E-state index contributed by atoms with van der Waals surface area (Å²) in [5.41, 5.74) is 0.950. The van der Waals surface area contributed by atoms with Gasteiger partial charge in [-0.15, -0.1) is 0 Å². The molecule has 3 rings (SSSR count). The molecule has 0 unspecified atom stereocenters. The van der Waals surface area contributed by atoms with Crippen molar-refractivity contribution in [3.8, 4) is 5.75 Å². The van der Waals surface area contributed by atoms with Gasteiger partial charge in [-0.05, 0) is 62.3 Å². The number of phenols is 1. The minimum Gasteiger partial charge on any atom is -0.506 e. The highest BCUT2D eigenvalue weighted by atomic mass is 32.2. The summed E-state index contributed by atoms with van der Waals surface area (Å²) in [5.74, 6) is -0.346. The summed E-state index contributed by atoms with van der Waals surface area (Å²) >= 11 is 0. The molecular formula is C23H30N4O5S. The molecule has 2 aromatic carbocycles. The van der Waals surface area contributed by atoms with Crippen molar-refractivity contribution in [3.05, 3.63) is 48.5 Å². The Balaban J connectivity index is 1.41. The second-order valence-corrected chi connectivity index (χ2v) is 10.4. The number of aromatic hydroxyl groups is 1. The van der Waals surface area contributed by atoms with E-state index in [1.165, 1.54) is 32.3 Å². The van der Waals surface area contributed by atoms with Crippen molar-refractivity contribution in [2.75, 3.05) is 44.4 Å². The number of benzene rings is 2. The fourth-order valence-corrected chi connectivity index (χ4v) is 4.54. The molecule has 1 fully saturated rings. The van der Waals surface area contributed by atoms with Gasteiger partial charge < -0.3 is 20.6 Å². The van der Waals surface area contributed by atoms with E-state index < -0.39 is 10.0 Å². The molecule has 1 heterocycles. The summed E-state index contributed by atoms with van der Waals surface area (Å²) in [5, 5.41) is 15.4. The van der Waals surface area contributed by atoms with Gasteiger partial charge in [0.05, 0.1) is 10.6 Å². The fourth-order valence-electron chi connectivity index (χ4n) is 3.64. The summed E-state index contributed by atoms with van der Waals surface area (Å²) in [6, 6.07) is 12.7. The van der Waals surface area contributed by atoms with Crippen molar-refractivity contribution >= 4 is 33.2 Å². The standard InChI is InChI=1S/C23H30N4O5S/c1-26(2)33(31,32)19-9-7-18(8-10-19)24-22(29)13-16-27-14-11-17(12-15-27)23(30)25-20-5-3-4-6-21(20)28/h3-10,17,28H,11-16H2,1-2H3,(H,24,29)(H,25,30). The van der Waals surface area contributed by atoms with Gasteiger partial charge in [-0.2, -0.15) is 0 Å². The third-order valence-electron chi connectivity index (χ3n) is 5.69. The van der Waals surface area contributed by atoms with Gasteiger partial charge in [-0.1, -0.05) is 12.1 Å². The lowest BCUT2D eigenvalue weighted by Crippen LogP contribution is -2.39. The van der Waals surface area contributed by atoms with E-state index in [-0.39, 0.29) is 28.4 Å². The number of hydrogen-bond donors (Lipinski definition) is 3. The van der Waals surface area contributed by atoms with Gasteiger partial charge >= 0.3 is 0 Å². The first-order valence-electron chi connectivity index (χ1n) is 10.8. The quantitative estimate of drug-likeness (QED) is 0.505. The Hall–Kier alpha value is -2.95. The van der Waals surface area contributed by atoms with E-state index in [1.807, 2.05) is 0 Å². The molecule has 33 heavy (non-hydrogen) atoms. The Morgan fingerprint density at radius 1 is 1.03 bits per heavy atom. The van der Waals surface area contributed by atoms with Crippen molar-refractivity contribution < 1.29 is 23.1 Å². The fraction of sp³-hybridized carbons (Fsp3) is 0.391. The maximum atomic E-state index is 12.5. The van der Waals surface area contributed by atoms with Crippen LogP contribution in [0.2, 0.25) is 0 Å². The first-order valence-corrected chi connectivity index (χ1v) is 12.2. The summed E-state index contributed by atoms with van der Waals surface area (Å²) in [7, 11) is -0.571. The SMILES string of the molecule is CN(C)S(=O)(=O)c1ccc(NC(=O)CCN2CCC(C(=O)Nc3ccccc3O)CC2)cc1. The molecule has 1 saturated heterocycles. The predicted octanol–water partition coefficient (Wildman–Crippen LogP) is 2.32. The second-order valence-electron chi connectivity index (χ2n) is 8.23. The maximum Gasteiger partial charge on any atom is 0.242 e. The largest absolute Gasteiger partial charge is 0.506 e. The number of likely N-dealkylation sites (tertiary alicyclic amines) is 1. The van der Waals surface area contributed by atoms with E-state index in [0.717, 1.165) is 4.31 Å². The van der Waals surface area contributed by atoms with Gasteiger partial charge in [-0.25, -0.2) is 12.7 Å². The number of nitrogens with one attached hydrogen (secondary N) is 2. The first kappa shape index (κ1) is 24.7. The minimum atomic E-state index is -3.50. The van der Waals surface area contributed by atoms with Crippen molar-refractivity contribution in [1.29, 1.82) is 0 Å². The number of hydrogen-bond acceptors (Lipinski definition) is 6. The van der Waals surface area contributed by atoms with Crippen LogP contribution in [0.1, 0.15) is 19.3 Å². The lowest BCUT2D eigenvalue weighted by molar-refractivity contribution is -0.121. The molecule has 2 aromatic rings. The Labute approximate surface area is 194 Å². The Morgan fingerprint density at radius 2 is 1.67 bits per heavy atom.